The fourth-order valence-corrected chi connectivity index (χ4v) is 4.37. The number of esters is 1. The van der Waals surface area contributed by atoms with Crippen molar-refractivity contribution in [3.05, 3.63) is 74.3 Å². The molecule has 0 spiro atoms. The van der Waals surface area contributed by atoms with Crippen molar-refractivity contribution in [3.63, 3.8) is 0 Å². The quantitative estimate of drug-likeness (QED) is 0.479. The highest BCUT2D eigenvalue weighted by molar-refractivity contribution is 7.20. The number of nitrogens with zero attached hydrogens (tertiary/aromatic N) is 2. The summed E-state index contributed by atoms with van der Waals surface area (Å²) in [6, 6.07) is 10.7. The molecule has 3 aromatic heterocycles. The highest BCUT2D eigenvalue weighted by Gasteiger charge is 2.22. The second kappa shape index (κ2) is 7.84. The molecule has 3 heterocycles. The summed E-state index contributed by atoms with van der Waals surface area (Å²) in [5.41, 5.74) is 7.46. The van der Waals surface area contributed by atoms with E-state index in [4.69, 9.17) is 15.1 Å². The number of hydrogen-bond donors (Lipinski definition) is 1. The van der Waals surface area contributed by atoms with Crippen LogP contribution in [0.25, 0.3) is 21.6 Å². The predicted octanol–water partition coefficient (Wildman–Crippen LogP) is 3.27. The van der Waals surface area contributed by atoms with Gasteiger partial charge in [-0.1, -0.05) is 29.8 Å². The van der Waals surface area contributed by atoms with Crippen LogP contribution >= 0.6 is 11.3 Å². The molecule has 1 amide bonds. The van der Waals surface area contributed by atoms with E-state index in [0.717, 1.165) is 22.5 Å². The number of fused-ring (bicyclic) bond motifs is 1. The molecule has 0 aliphatic heterocycles. The Balaban J connectivity index is 1.94. The molecule has 9 heteroatoms. The summed E-state index contributed by atoms with van der Waals surface area (Å²) in [5, 5.41) is 0.342. The van der Waals surface area contributed by atoms with Crippen LogP contribution in [0.2, 0.25) is 0 Å². The van der Waals surface area contributed by atoms with Crippen LogP contribution in [0.5, 0.6) is 0 Å². The Morgan fingerprint density at radius 2 is 1.87 bits per heavy atom. The van der Waals surface area contributed by atoms with E-state index in [1.807, 2.05) is 31.2 Å². The molecule has 0 saturated heterocycles. The zero-order valence-electron chi connectivity index (χ0n) is 17.1. The van der Waals surface area contributed by atoms with Crippen LogP contribution in [0.3, 0.4) is 0 Å². The number of benzene rings is 1. The molecule has 0 aliphatic carbocycles. The van der Waals surface area contributed by atoms with Crippen LogP contribution in [-0.2, 0) is 11.3 Å². The van der Waals surface area contributed by atoms with E-state index in [9.17, 15) is 14.4 Å². The van der Waals surface area contributed by atoms with Crippen molar-refractivity contribution in [1.29, 1.82) is 0 Å². The first kappa shape index (κ1) is 20.5. The van der Waals surface area contributed by atoms with Gasteiger partial charge >= 0.3 is 5.97 Å². The molecule has 31 heavy (non-hydrogen) atoms. The minimum absolute atomic E-state index is 0.0409. The number of carbonyl (C=O) groups is 2. The lowest BCUT2D eigenvalue weighted by Gasteiger charge is -2.12. The predicted molar refractivity (Wildman–Crippen MR) is 116 cm³/mol. The number of ether oxygens (including phenoxy) is 1. The molecule has 0 unspecified atom stereocenters. The van der Waals surface area contributed by atoms with Gasteiger partial charge < -0.3 is 14.9 Å². The van der Waals surface area contributed by atoms with E-state index < -0.39 is 11.9 Å². The van der Waals surface area contributed by atoms with E-state index in [0.29, 0.717) is 32.2 Å². The van der Waals surface area contributed by atoms with Crippen molar-refractivity contribution in [2.24, 2.45) is 5.73 Å². The third kappa shape index (κ3) is 3.64. The molecule has 4 rings (SSSR count). The third-order valence-corrected chi connectivity index (χ3v) is 6.15. The van der Waals surface area contributed by atoms with Gasteiger partial charge in [0.1, 0.15) is 16.4 Å². The van der Waals surface area contributed by atoms with E-state index in [-0.39, 0.29) is 17.9 Å². The lowest BCUT2D eigenvalue weighted by Crippen LogP contribution is -2.24. The van der Waals surface area contributed by atoms with Gasteiger partial charge in [-0.3, -0.25) is 14.2 Å². The maximum absolute atomic E-state index is 13.5. The Bertz CT molecular complexity index is 1380. The van der Waals surface area contributed by atoms with Gasteiger partial charge in [-0.25, -0.2) is 9.78 Å². The summed E-state index contributed by atoms with van der Waals surface area (Å²) in [6.45, 7) is 3.69. The van der Waals surface area contributed by atoms with Crippen molar-refractivity contribution in [2.45, 2.75) is 20.4 Å². The summed E-state index contributed by atoms with van der Waals surface area (Å²) < 4.78 is 11.7. The number of methoxy groups -OCH3 is 1. The number of furan rings is 1. The Labute approximate surface area is 180 Å². The van der Waals surface area contributed by atoms with E-state index >= 15 is 0 Å². The molecule has 8 nitrogen and oxygen atoms in total. The summed E-state index contributed by atoms with van der Waals surface area (Å²) in [4.78, 5) is 42.4. The number of amides is 1. The largest absolute Gasteiger partial charge is 0.463 e. The van der Waals surface area contributed by atoms with Gasteiger partial charge in [0.15, 0.2) is 0 Å². The standard InChI is InChI=1S/C22H19N3O5S/c1-11-4-6-13(7-5-11)19-24-20-16(12(2)17(31-20)18(23)26)21(27)25(19)10-14-8-9-15(30-14)22(28)29-3/h4-9H,10H2,1-3H3,(H2,23,26). The zero-order chi connectivity index (χ0) is 22.3. The average Bonchev–Trinajstić information content (AvgIpc) is 3.34. The van der Waals surface area contributed by atoms with Crippen LogP contribution in [-0.4, -0.2) is 28.5 Å². The van der Waals surface area contributed by atoms with Crippen LogP contribution < -0.4 is 11.3 Å². The lowest BCUT2D eigenvalue weighted by atomic mass is 10.1. The Morgan fingerprint density at radius 1 is 1.16 bits per heavy atom. The number of aromatic nitrogens is 2. The van der Waals surface area contributed by atoms with Gasteiger partial charge in [0.05, 0.1) is 23.9 Å². The molecule has 0 bridgehead atoms. The second-order valence-corrected chi connectivity index (χ2v) is 8.05. The Hall–Kier alpha value is -3.72. The number of primary amides is 1. The first-order chi connectivity index (χ1) is 14.8. The smallest absolute Gasteiger partial charge is 0.373 e. The van der Waals surface area contributed by atoms with Crippen molar-refractivity contribution in [1.82, 2.24) is 9.55 Å². The summed E-state index contributed by atoms with van der Waals surface area (Å²) in [6.07, 6.45) is 0. The first-order valence-electron chi connectivity index (χ1n) is 9.38. The van der Waals surface area contributed by atoms with Crippen molar-refractivity contribution in [3.8, 4) is 11.4 Å². The molecular weight excluding hydrogens is 418 g/mol. The van der Waals surface area contributed by atoms with Gasteiger partial charge in [-0.05, 0) is 31.5 Å². The van der Waals surface area contributed by atoms with Crippen LogP contribution in [0.15, 0.2) is 45.6 Å². The first-order valence-corrected chi connectivity index (χ1v) is 10.2. The van der Waals surface area contributed by atoms with E-state index in [1.54, 1.807) is 13.0 Å². The van der Waals surface area contributed by atoms with Gasteiger partial charge in [-0.2, -0.15) is 0 Å². The van der Waals surface area contributed by atoms with Crippen LogP contribution in [0.4, 0.5) is 0 Å². The fourth-order valence-electron chi connectivity index (χ4n) is 3.35. The van der Waals surface area contributed by atoms with Crippen LogP contribution in [0, 0.1) is 13.8 Å². The number of carbonyl (C=O) groups excluding carboxylic acids is 2. The monoisotopic (exact) mass is 437 g/mol. The molecule has 2 N–H and O–H groups in total. The normalized spacial score (nSPS) is 11.1. The lowest BCUT2D eigenvalue weighted by molar-refractivity contribution is 0.0562. The molecular formula is C22H19N3O5S. The highest BCUT2D eigenvalue weighted by atomic mass is 32.1. The van der Waals surface area contributed by atoms with Crippen molar-refractivity contribution in [2.75, 3.05) is 7.11 Å². The molecule has 0 atom stereocenters. The minimum Gasteiger partial charge on any atom is -0.463 e. The zero-order valence-corrected chi connectivity index (χ0v) is 17.9. The molecule has 158 valence electrons. The highest BCUT2D eigenvalue weighted by Crippen LogP contribution is 2.29. The number of thiophene rings is 1. The molecule has 0 fully saturated rings. The summed E-state index contributed by atoms with van der Waals surface area (Å²) in [7, 11) is 1.26. The fraction of sp³-hybridized carbons (Fsp3) is 0.182. The van der Waals surface area contributed by atoms with Gasteiger partial charge in [-0.15, -0.1) is 11.3 Å². The maximum Gasteiger partial charge on any atom is 0.373 e. The van der Waals surface area contributed by atoms with Gasteiger partial charge in [0.25, 0.3) is 11.5 Å². The van der Waals surface area contributed by atoms with E-state index in [2.05, 4.69) is 4.74 Å². The van der Waals surface area contributed by atoms with Gasteiger partial charge in [0, 0.05) is 5.56 Å². The van der Waals surface area contributed by atoms with E-state index in [1.165, 1.54) is 17.7 Å². The number of rotatable bonds is 5. The summed E-state index contributed by atoms with van der Waals surface area (Å²) in [5.74, 6) is -0.354. The number of aryl methyl sites for hydroxylation is 2. The molecule has 1 aromatic carbocycles. The third-order valence-electron chi connectivity index (χ3n) is 4.95. The van der Waals surface area contributed by atoms with Gasteiger partial charge in [0.2, 0.25) is 5.76 Å². The number of nitrogens with two attached hydrogens (primary N) is 1. The number of hydrogen-bond acceptors (Lipinski definition) is 7. The minimum atomic E-state index is -0.606. The Morgan fingerprint density at radius 3 is 2.52 bits per heavy atom. The Kier molecular flexibility index (Phi) is 5.20. The maximum atomic E-state index is 13.5. The SMILES string of the molecule is COC(=O)c1ccc(Cn2c(-c3ccc(C)cc3)nc3sc(C(N)=O)c(C)c3c2=O)o1. The average molecular weight is 437 g/mol. The summed E-state index contributed by atoms with van der Waals surface area (Å²) >= 11 is 1.10. The topological polar surface area (TPSA) is 117 Å². The molecule has 0 aliphatic rings. The van der Waals surface area contributed by atoms with Crippen molar-refractivity contribution < 1.29 is 18.7 Å². The second-order valence-electron chi connectivity index (χ2n) is 7.05. The molecule has 0 radical (unpaired) electrons. The molecule has 4 aromatic rings. The van der Waals surface area contributed by atoms with Crippen molar-refractivity contribution >= 4 is 33.4 Å². The van der Waals surface area contributed by atoms with Crippen LogP contribution in [0.1, 0.15) is 37.1 Å². The molecule has 0 saturated carbocycles.